The average molecular weight is 528 g/mol. The first-order valence-corrected chi connectivity index (χ1v) is 13.3. The van der Waals surface area contributed by atoms with Crippen molar-refractivity contribution in [3.8, 4) is 5.75 Å². The number of nitrogens with zero attached hydrogens (tertiary/aromatic N) is 2. The highest BCUT2D eigenvalue weighted by Crippen LogP contribution is 2.33. The molecule has 192 valence electrons. The minimum atomic E-state index is -3.95. The van der Waals surface area contributed by atoms with E-state index in [0.717, 1.165) is 10.6 Å². The topological polar surface area (TPSA) is 96.0 Å². The summed E-state index contributed by atoms with van der Waals surface area (Å²) in [7, 11) is -2.57. The number of carbonyl (C=O) groups excluding carboxylic acids is 2. The van der Waals surface area contributed by atoms with Crippen molar-refractivity contribution in [3.63, 3.8) is 0 Å². The van der Waals surface area contributed by atoms with Crippen LogP contribution in [0.3, 0.4) is 0 Å². The number of rotatable bonds is 11. The van der Waals surface area contributed by atoms with Crippen LogP contribution in [0.1, 0.15) is 32.8 Å². The molecule has 2 rings (SSSR count). The Morgan fingerprint density at radius 2 is 1.77 bits per heavy atom. The first kappa shape index (κ1) is 28.4. The quantitative estimate of drug-likeness (QED) is 0.482. The van der Waals surface area contributed by atoms with E-state index in [1.807, 2.05) is 0 Å². The second-order valence-electron chi connectivity index (χ2n) is 8.32. The van der Waals surface area contributed by atoms with E-state index < -0.39 is 34.3 Å². The molecule has 2 amide bonds. The van der Waals surface area contributed by atoms with Crippen LogP contribution < -0.4 is 14.4 Å². The van der Waals surface area contributed by atoms with Crippen LogP contribution in [0.25, 0.3) is 0 Å². The zero-order chi connectivity index (χ0) is 26.3. The molecule has 2 aromatic rings. The second-order valence-corrected chi connectivity index (χ2v) is 10.7. The number of hydrogen-bond acceptors (Lipinski definition) is 5. The standard InChI is InChI=1S/C24H31ClFN3O5S/c1-6-20(24(31)27-16(2)3)28(14-17-7-10-19(26)11-8-17)23(30)15-29(35(5,32)33)21-13-18(25)9-12-22(21)34-4/h7-13,16,20H,6,14-15H2,1-5H3,(H,27,31)/t20-/m1/s1. The maximum atomic E-state index is 13.6. The second kappa shape index (κ2) is 12.2. The minimum absolute atomic E-state index is 0.0204. The number of amides is 2. The molecular formula is C24H31ClFN3O5S. The van der Waals surface area contributed by atoms with E-state index in [1.165, 1.54) is 54.5 Å². The number of sulfonamides is 1. The van der Waals surface area contributed by atoms with Gasteiger partial charge in [-0.3, -0.25) is 13.9 Å². The lowest BCUT2D eigenvalue weighted by molar-refractivity contribution is -0.140. The molecule has 0 fully saturated rings. The van der Waals surface area contributed by atoms with Crippen LogP contribution in [0, 0.1) is 5.82 Å². The number of hydrogen-bond donors (Lipinski definition) is 1. The third kappa shape index (κ3) is 7.83. The molecule has 8 nitrogen and oxygen atoms in total. The Balaban J connectivity index is 2.50. The van der Waals surface area contributed by atoms with Crippen LogP contribution in [-0.4, -0.2) is 57.1 Å². The molecule has 0 saturated carbocycles. The van der Waals surface area contributed by atoms with Gasteiger partial charge >= 0.3 is 0 Å². The Morgan fingerprint density at radius 3 is 2.29 bits per heavy atom. The number of anilines is 1. The summed E-state index contributed by atoms with van der Waals surface area (Å²) < 4.78 is 45.1. The molecule has 2 aromatic carbocycles. The number of carbonyl (C=O) groups is 2. The molecule has 0 heterocycles. The van der Waals surface area contributed by atoms with Gasteiger partial charge in [0.1, 0.15) is 24.2 Å². The molecule has 35 heavy (non-hydrogen) atoms. The summed E-state index contributed by atoms with van der Waals surface area (Å²) in [5, 5.41) is 3.06. The summed E-state index contributed by atoms with van der Waals surface area (Å²) >= 11 is 6.09. The Hall–Kier alpha value is -2.85. The van der Waals surface area contributed by atoms with Gasteiger partial charge in [0, 0.05) is 17.6 Å². The van der Waals surface area contributed by atoms with Gasteiger partial charge in [-0.15, -0.1) is 0 Å². The highest BCUT2D eigenvalue weighted by atomic mass is 35.5. The van der Waals surface area contributed by atoms with Crippen LogP contribution >= 0.6 is 11.6 Å². The Labute approximate surface area is 211 Å². The van der Waals surface area contributed by atoms with E-state index in [0.29, 0.717) is 5.56 Å². The molecule has 0 saturated heterocycles. The lowest BCUT2D eigenvalue weighted by Crippen LogP contribution is -2.53. The summed E-state index contributed by atoms with van der Waals surface area (Å²) in [6.45, 7) is 4.74. The molecule has 0 aliphatic heterocycles. The Bertz CT molecular complexity index is 1140. The van der Waals surface area contributed by atoms with Gasteiger partial charge in [0.2, 0.25) is 21.8 Å². The van der Waals surface area contributed by atoms with E-state index in [9.17, 15) is 22.4 Å². The number of benzene rings is 2. The third-order valence-electron chi connectivity index (χ3n) is 5.17. The number of ether oxygens (including phenoxy) is 1. The zero-order valence-electron chi connectivity index (χ0n) is 20.4. The van der Waals surface area contributed by atoms with Gasteiger partial charge in [-0.1, -0.05) is 30.7 Å². The van der Waals surface area contributed by atoms with Crippen LogP contribution in [0.2, 0.25) is 5.02 Å². The molecule has 0 spiro atoms. The largest absolute Gasteiger partial charge is 0.495 e. The van der Waals surface area contributed by atoms with Crippen molar-refractivity contribution >= 4 is 39.1 Å². The molecular weight excluding hydrogens is 497 g/mol. The maximum absolute atomic E-state index is 13.6. The van der Waals surface area contributed by atoms with Crippen molar-refractivity contribution in [2.24, 2.45) is 0 Å². The third-order valence-corrected chi connectivity index (χ3v) is 6.53. The average Bonchev–Trinajstić information content (AvgIpc) is 2.77. The van der Waals surface area contributed by atoms with E-state index in [1.54, 1.807) is 20.8 Å². The molecule has 0 bridgehead atoms. The fraction of sp³-hybridized carbons (Fsp3) is 0.417. The predicted octanol–water partition coefficient (Wildman–Crippen LogP) is 3.59. The fourth-order valence-corrected chi connectivity index (χ4v) is 4.55. The minimum Gasteiger partial charge on any atom is -0.495 e. The normalized spacial score (nSPS) is 12.2. The van der Waals surface area contributed by atoms with Crippen molar-refractivity contribution in [1.82, 2.24) is 10.2 Å². The zero-order valence-corrected chi connectivity index (χ0v) is 22.0. The lowest BCUT2D eigenvalue weighted by Gasteiger charge is -2.33. The molecule has 0 unspecified atom stereocenters. The van der Waals surface area contributed by atoms with Crippen molar-refractivity contribution < 1.29 is 27.1 Å². The highest BCUT2D eigenvalue weighted by molar-refractivity contribution is 7.92. The van der Waals surface area contributed by atoms with Crippen molar-refractivity contribution in [1.29, 1.82) is 0 Å². The van der Waals surface area contributed by atoms with Crippen LogP contribution in [0.5, 0.6) is 5.75 Å². The van der Waals surface area contributed by atoms with Gasteiger partial charge < -0.3 is 15.0 Å². The van der Waals surface area contributed by atoms with E-state index in [-0.39, 0.29) is 41.4 Å². The molecule has 0 aliphatic carbocycles. The van der Waals surface area contributed by atoms with Crippen molar-refractivity contribution in [2.75, 3.05) is 24.2 Å². The van der Waals surface area contributed by atoms with E-state index in [2.05, 4.69) is 5.32 Å². The van der Waals surface area contributed by atoms with E-state index >= 15 is 0 Å². The molecule has 0 aliphatic rings. The van der Waals surface area contributed by atoms with E-state index in [4.69, 9.17) is 16.3 Å². The maximum Gasteiger partial charge on any atom is 0.244 e. The summed E-state index contributed by atoms with van der Waals surface area (Å²) in [6, 6.07) is 8.92. The van der Waals surface area contributed by atoms with Gasteiger partial charge in [0.15, 0.2) is 0 Å². The van der Waals surface area contributed by atoms with Crippen molar-refractivity contribution in [3.05, 3.63) is 58.9 Å². The summed E-state index contributed by atoms with van der Waals surface area (Å²) in [5.41, 5.74) is 0.680. The highest BCUT2D eigenvalue weighted by Gasteiger charge is 2.32. The molecule has 1 atom stereocenters. The first-order valence-electron chi connectivity index (χ1n) is 11.0. The predicted molar refractivity (Wildman–Crippen MR) is 135 cm³/mol. The number of nitrogens with one attached hydrogen (secondary N) is 1. The smallest absolute Gasteiger partial charge is 0.244 e. The van der Waals surface area contributed by atoms with Gasteiger partial charge in [-0.25, -0.2) is 12.8 Å². The molecule has 0 radical (unpaired) electrons. The summed E-state index contributed by atoms with van der Waals surface area (Å²) in [4.78, 5) is 27.9. The fourth-order valence-electron chi connectivity index (χ4n) is 3.54. The van der Waals surface area contributed by atoms with Crippen molar-refractivity contribution in [2.45, 2.75) is 45.8 Å². The van der Waals surface area contributed by atoms with Crippen LogP contribution in [-0.2, 0) is 26.2 Å². The van der Waals surface area contributed by atoms with Crippen LogP contribution in [0.4, 0.5) is 10.1 Å². The van der Waals surface area contributed by atoms with Gasteiger partial charge in [0.05, 0.1) is 19.1 Å². The van der Waals surface area contributed by atoms with Gasteiger partial charge in [-0.2, -0.15) is 0 Å². The van der Waals surface area contributed by atoms with Crippen LogP contribution in [0.15, 0.2) is 42.5 Å². The summed E-state index contributed by atoms with van der Waals surface area (Å²) in [5.74, 6) is -1.22. The molecule has 0 aromatic heterocycles. The van der Waals surface area contributed by atoms with Gasteiger partial charge in [0.25, 0.3) is 0 Å². The Kier molecular flexibility index (Phi) is 9.91. The first-order chi connectivity index (χ1) is 16.4. The lowest BCUT2D eigenvalue weighted by atomic mass is 10.1. The molecule has 1 N–H and O–H groups in total. The molecule has 11 heteroatoms. The number of methoxy groups -OCH3 is 1. The Morgan fingerprint density at radius 1 is 1.14 bits per heavy atom. The SMILES string of the molecule is CC[C@H](C(=O)NC(C)C)N(Cc1ccc(F)cc1)C(=O)CN(c1cc(Cl)ccc1OC)S(C)(=O)=O. The van der Waals surface area contributed by atoms with Gasteiger partial charge in [-0.05, 0) is 56.2 Å². The monoisotopic (exact) mass is 527 g/mol. The summed E-state index contributed by atoms with van der Waals surface area (Å²) in [6.07, 6.45) is 1.25. The number of halogens is 2.